The summed E-state index contributed by atoms with van der Waals surface area (Å²) in [6.07, 6.45) is 3.31. The molecule has 0 rings (SSSR count). The summed E-state index contributed by atoms with van der Waals surface area (Å²) in [5, 5.41) is 9.55. The minimum Gasteiger partial charge on any atom is -0.396 e. The maximum absolute atomic E-state index is 9.55. The number of rotatable bonds is 8. The van der Waals surface area contributed by atoms with Crippen molar-refractivity contribution in [1.82, 2.24) is 4.90 Å². The molecule has 2 nitrogen and oxygen atoms in total. The Balaban J connectivity index is 4.47. The van der Waals surface area contributed by atoms with Gasteiger partial charge in [0.1, 0.15) is 0 Å². The van der Waals surface area contributed by atoms with E-state index in [2.05, 4.69) is 39.5 Å². The van der Waals surface area contributed by atoms with Crippen molar-refractivity contribution in [3.63, 3.8) is 0 Å². The zero-order valence-corrected chi connectivity index (χ0v) is 11.2. The molecule has 0 heterocycles. The van der Waals surface area contributed by atoms with Gasteiger partial charge in [0.05, 0.1) is 0 Å². The van der Waals surface area contributed by atoms with Crippen LogP contribution in [0.1, 0.15) is 53.9 Å². The second kappa shape index (κ2) is 7.24. The topological polar surface area (TPSA) is 23.5 Å². The van der Waals surface area contributed by atoms with Gasteiger partial charge < -0.3 is 10.0 Å². The van der Waals surface area contributed by atoms with E-state index in [9.17, 15) is 5.11 Å². The molecule has 1 N–H and O–H groups in total. The molecule has 0 amide bonds. The van der Waals surface area contributed by atoms with Gasteiger partial charge >= 0.3 is 0 Å². The maximum Gasteiger partial charge on any atom is 0.0499 e. The monoisotopic (exact) mass is 215 g/mol. The second-order valence-electron chi connectivity index (χ2n) is 4.69. The molecular weight excluding hydrogens is 186 g/mol. The lowest BCUT2D eigenvalue weighted by atomic mass is 9.82. The van der Waals surface area contributed by atoms with Crippen LogP contribution in [-0.4, -0.2) is 35.7 Å². The Bertz CT molecular complexity index is 146. The third-order valence-electron chi connectivity index (χ3n) is 3.99. The Morgan fingerprint density at radius 1 is 1.13 bits per heavy atom. The van der Waals surface area contributed by atoms with Crippen molar-refractivity contribution in [2.75, 3.05) is 19.7 Å². The summed E-state index contributed by atoms with van der Waals surface area (Å²) in [5.41, 5.74) is 0.111. The minimum absolute atomic E-state index is 0.111. The molecule has 92 valence electrons. The summed E-state index contributed by atoms with van der Waals surface area (Å²) in [6.45, 7) is 13.5. The lowest BCUT2D eigenvalue weighted by Crippen LogP contribution is -2.43. The van der Waals surface area contributed by atoms with Crippen molar-refractivity contribution < 1.29 is 5.11 Å². The standard InChI is InChI=1S/C13H29NO/c1-6-12(5)14(9-4)10-13(7-2,8-3)11-15/h12,15H,6-11H2,1-5H3. The molecule has 0 saturated carbocycles. The molecule has 0 aromatic rings. The van der Waals surface area contributed by atoms with Crippen molar-refractivity contribution in [3.8, 4) is 0 Å². The third-order valence-corrected chi connectivity index (χ3v) is 3.99. The van der Waals surface area contributed by atoms with Crippen molar-refractivity contribution in [3.05, 3.63) is 0 Å². The summed E-state index contributed by atoms with van der Waals surface area (Å²) >= 11 is 0. The second-order valence-corrected chi connectivity index (χ2v) is 4.69. The Hall–Kier alpha value is -0.0800. The Labute approximate surface area is 95.7 Å². The van der Waals surface area contributed by atoms with E-state index in [0.29, 0.717) is 12.6 Å². The number of hydrogen-bond donors (Lipinski definition) is 1. The summed E-state index contributed by atoms with van der Waals surface area (Å²) in [4.78, 5) is 2.49. The first-order chi connectivity index (χ1) is 7.09. The van der Waals surface area contributed by atoms with Crippen LogP contribution in [0.4, 0.5) is 0 Å². The molecule has 0 aromatic heterocycles. The van der Waals surface area contributed by atoms with Crippen LogP contribution >= 0.6 is 0 Å². The Morgan fingerprint density at radius 2 is 1.67 bits per heavy atom. The fraction of sp³-hybridized carbons (Fsp3) is 1.00. The van der Waals surface area contributed by atoms with Gasteiger partial charge in [-0.25, -0.2) is 0 Å². The van der Waals surface area contributed by atoms with E-state index in [4.69, 9.17) is 0 Å². The first-order valence-corrected chi connectivity index (χ1v) is 6.44. The molecule has 2 heteroatoms. The molecule has 0 bridgehead atoms. The van der Waals surface area contributed by atoms with Crippen molar-refractivity contribution >= 4 is 0 Å². The smallest absolute Gasteiger partial charge is 0.0499 e. The van der Waals surface area contributed by atoms with Crippen LogP contribution in [0.5, 0.6) is 0 Å². The fourth-order valence-electron chi connectivity index (χ4n) is 2.02. The SMILES string of the molecule is CCC(C)N(CC)CC(CC)(CC)CO. The molecule has 0 aliphatic rings. The van der Waals surface area contributed by atoms with Crippen LogP contribution in [0.15, 0.2) is 0 Å². The van der Waals surface area contributed by atoms with E-state index in [1.807, 2.05) is 0 Å². The fourth-order valence-corrected chi connectivity index (χ4v) is 2.02. The highest BCUT2D eigenvalue weighted by molar-refractivity contribution is 4.81. The van der Waals surface area contributed by atoms with E-state index in [1.165, 1.54) is 6.42 Å². The van der Waals surface area contributed by atoms with Gasteiger partial charge in [-0.15, -0.1) is 0 Å². The van der Waals surface area contributed by atoms with Crippen LogP contribution in [-0.2, 0) is 0 Å². The first-order valence-electron chi connectivity index (χ1n) is 6.44. The molecule has 0 radical (unpaired) electrons. The third kappa shape index (κ3) is 4.12. The molecular formula is C13H29NO. The molecule has 1 unspecified atom stereocenters. The number of aliphatic hydroxyl groups is 1. The molecule has 15 heavy (non-hydrogen) atoms. The van der Waals surface area contributed by atoms with E-state index >= 15 is 0 Å². The van der Waals surface area contributed by atoms with Gasteiger partial charge in [-0.3, -0.25) is 0 Å². The molecule has 0 fully saturated rings. The van der Waals surface area contributed by atoms with Gasteiger partial charge in [-0.2, -0.15) is 0 Å². The van der Waals surface area contributed by atoms with Gasteiger partial charge in [0, 0.05) is 24.6 Å². The van der Waals surface area contributed by atoms with Crippen LogP contribution in [0.25, 0.3) is 0 Å². The highest BCUT2D eigenvalue weighted by Gasteiger charge is 2.28. The van der Waals surface area contributed by atoms with Crippen LogP contribution in [0, 0.1) is 5.41 Å². The predicted octanol–water partition coefficient (Wildman–Crippen LogP) is 2.91. The summed E-state index contributed by atoms with van der Waals surface area (Å²) in [7, 11) is 0. The van der Waals surface area contributed by atoms with E-state index in [-0.39, 0.29) is 5.41 Å². The van der Waals surface area contributed by atoms with Crippen LogP contribution in [0.3, 0.4) is 0 Å². The lowest BCUT2D eigenvalue weighted by molar-refractivity contribution is 0.0517. The van der Waals surface area contributed by atoms with Gasteiger partial charge in [0.15, 0.2) is 0 Å². The van der Waals surface area contributed by atoms with Gasteiger partial charge in [0.25, 0.3) is 0 Å². The van der Waals surface area contributed by atoms with Crippen molar-refractivity contribution in [2.45, 2.75) is 59.9 Å². The first kappa shape index (κ1) is 14.9. The molecule has 0 aromatic carbocycles. The zero-order valence-electron chi connectivity index (χ0n) is 11.2. The molecule has 1 atom stereocenters. The van der Waals surface area contributed by atoms with Crippen molar-refractivity contribution in [2.24, 2.45) is 5.41 Å². The summed E-state index contributed by atoms with van der Waals surface area (Å²) in [5.74, 6) is 0. The van der Waals surface area contributed by atoms with Gasteiger partial charge in [-0.05, 0) is 32.7 Å². The number of nitrogens with zero attached hydrogens (tertiary/aromatic N) is 1. The lowest BCUT2D eigenvalue weighted by Gasteiger charge is -2.38. The summed E-state index contributed by atoms with van der Waals surface area (Å²) < 4.78 is 0. The largest absolute Gasteiger partial charge is 0.396 e. The Kier molecular flexibility index (Phi) is 7.20. The average Bonchev–Trinajstić information content (AvgIpc) is 2.31. The molecule has 0 aliphatic heterocycles. The highest BCUT2D eigenvalue weighted by atomic mass is 16.3. The Morgan fingerprint density at radius 3 is 1.93 bits per heavy atom. The minimum atomic E-state index is 0.111. The number of aliphatic hydroxyl groups excluding tert-OH is 1. The maximum atomic E-state index is 9.55. The quantitative estimate of drug-likeness (QED) is 0.673. The molecule has 0 spiro atoms. The van der Waals surface area contributed by atoms with E-state index in [1.54, 1.807) is 0 Å². The van der Waals surface area contributed by atoms with E-state index in [0.717, 1.165) is 25.9 Å². The normalized spacial score (nSPS) is 14.6. The van der Waals surface area contributed by atoms with Gasteiger partial charge in [-0.1, -0.05) is 27.7 Å². The molecule has 0 saturated heterocycles. The van der Waals surface area contributed by atoms with Crippen molar-refractivity contribution in [1.29, 1.82) is 0 Å². The van der Waals surface area contributed by atoms with Gasteiger partial charge in [0.2, 0.25) is 0 Å². The molecule has 0 aliphatic carbocycles. The van der Waals surface area contributed by atoms with Crippen LogP contribution in [0.2, 0.25) is 0 Å². The predicted molar refractivity (Wildman–Crippen MR) is 67.1 cm³/mol. The summed E-state index contributed by atoms with van der Waals surface area (Å²) in [6, 6.07) is 0.624. The number of hydrogen-bond acceptors (Lipinski definition) is 2. The average molecular weight is 215 g/mol. The zero-order chi connectivity index (χ0) is 11.9. The van der Waals surface area contributed by atoms with E-state index < -0.39 is 0 Å². The van der Waals surface area contributed by atoms with Crippen LogP contribution < -0.4 is 0 Å². The highest BCUT2D eigenvalue weighted by Crippen LogP contribution is 2.27.